The van der Waals surface area contributed by atoms with Crippen LogP contribution >= 0.6 is 0 Å². The molecule has 2 aromatic carbocycles. The van der Waals surface area contributed by atoms with Crippen molar-refractivity contribution in [2.75, 3.05) is 12.0 Å². The monoisotopic (exact) mass is 380 g/mol. The average molecular weight is 380 g/mol. The summed E-state index contributed by atoms with van der Waals surface area (Å²) in [6.45, 7) is 3.41. The second-order valence-corrected chi connectivity index (χ2v) is 6.71. The predicted molar refractivity (Wildman–Crippen MR) is 102 cm³/mol. The first-order chi connectivity index (χ1) is 13.3. The zero-order valence-electron chi connectivity index (χ0n) is 15.8. The van der Waals surface area contributed by atoms with Crippen LogP contribution in [0.3, 0.4) is 0 Å². The van der Waals surface area contributed by atoms with Gasteiger partial charge in [0.25, 0.3) is 5.91 Å². The Morgan fingerprint density at radius 1 is 1.04 bits per heavy atom. The van der Waals surface area contributed by atoms with Crippen molar-refractivity contribution in [2.45, 2.75) is 19.8 Å². The summed E-state index contributed by atoms with van der Waals surface area (Å²) in [5.41, 5.74) is 1.02. The molecule has 1 N–H and O–H groups in total. The van der Waals surface area contributed by atoms with Gasteiger partial charge in [-0.3, -0.25) is 19.7 Å². The van der Waals surface area contributed by atoms with Crippen molar-refractivity contribution in [2.24, 2.45) is 5.92 Å². The third-order valence-corrected chi connectivity index (χ3v) is 4.59. The molecule has 0 radical (unpaired) electrons. The van der Waals surface area contributed by atoms with E-state index in [0.29, 0.717) is 17.0 Å². The lowest BCUT2D eigenvalue weighted by Gasteiger charge is -2.16. The summed E-state index contributed by atoms with van der Waals surface area (Å²) < 4.78 is 5.03. The van der Waals surface area contributed by atoms with Crippen molar-refractivity contribution < 1.29 is 23.9 Å². The molecule has 0 saturated heterocycles. The van der Waals surface area contributed by atoms with Gasteiger partial charge >= 0.3 is 6.03 Å². The molecule has 28 heavy (non-hydrogen) atoms. The first-order valence-corrected chi connectivity index (χ1v) is 8.81. The van der Waals surface area contributed by atoms with Gasteiger partial charge in [-0.05, 0) is 35.9 Å². The van der Waals surface area contributed by atoms with Crippen molar-refractivity contribution in [3.8, 4) is 5.75 Å². The van der Waals surface area contributed by atoms with Crippen LogP contribution in [0.5, 0.6) is 5.75 Å². The molecule has 2 aromatic rings. The summed E-state index contributed by atoms with van der Waals surface area (Å²) in [5, 5.41) is 2.21. The van der Waals surface area contributed by atoms with E-state index < -0.39 is 23.8 Å². The Morgan fingerprint density at radius 2 is 1.68 bits per heavy atom. The Kier molecular flexibility index (Phi) is 5.26. The topological polar surface area (TPSA) is 92.8 Å². The second-order valence-electron chi connectivity index (χ2n) is 6.71. The first-order valence-electron chi connectivity index (χ1n) is 8.81. The predicted octanol–water partition coefficient (Wildman–Crippen LogP) is 2.90. The van der Waals surface area contributed by atoms with Crippen molar-refractivity contribution in [3.63, 3.8) is 0 Å². The van der Waals surface area contributed by atoms with Gasteiger partial charge in [0.05, 0.1) is 12.8 Å². The van der Waals surface area contributed by atoms with Crippen molar-refractivity contribution in [1.29, 1.82) is 0 Å². The molecule has 0 aliphatic carbocycles. The van der Waals surface area contributed by atoms with Crippen LogP contribution in [0.25, 0.3) is 0 Å². The summed E-state index contributed by atoms with van der Waals surface area (Å²) >= 11 is 0. The van der Waals surface area contributed by atoms with E-state index in [1.807, 2.05) is 0 Å². The summed E-state index contributed by atoms with van der Waals surface area (Å²) in [6.07, 6.45) is 0. The number of amides is 4. The van der Waals surface area contributed by atoms with Gasteiger partial charge in [-0.1, -0.05) is 32.0 Å². The fourth-order valence-corrected chi connectivity index (χ4v) is 3.10. The molecule has 1 unspecified atom stereocenters. The third kappa shape index (κ3) is 3.38. The highest BCUT2D eigenvalue weighted by Crippen LogP contribution is 2.38. The van der Waals surface area contributed by atoms with Crippen LogP contribution in [0.4, 0.5) is 10.5 Å². The maximum Gasteiger partial charge on any atom is 0.335 e. The van der Waals surface area contributed by atoms with Gasteiger partial charge in [0.1, 0.15) is 11.7 Å². The number of benzene rings is 2. The number of Topliss-reactive ketones (excluding diaryl/α,β-unsaturated/α-hetero) is 1. The molecular formula is C21H20N2O5. The number of nitrogens with one attached hydrogen (secondary N) is 1. The first kappa shape index (κ1) is 19.3. The molecule has 0 spiro atoms. The number of methoxy groups -OCH3 is 1. The Morgan fingerprint density at radius 3 is 2.29 bits per heavy atom. The highest BCUT2D eigenvalue weighted by molar-refractivity contribution is 6.29. The van der Waals surface area contributed by atoms with Gasteiger partial charge in [-0.25, -0.2) is 9.69 Å². The summed E-state index contributed by atoms with van der Waals surface area (Å²) in [5.74, 6) is -2.42. The molecule has 7 nitrogen and oxygen atoms in total. The number of ether oxygens (including phenoxy) is 1. The molecule has 3 rings (SSSR count). The molecule has 144 valence electrons. The number of fused-ring (bicyclic) bond motifs is 1. The molecule has 4 amide bonds. The van der Waals surface area contributed by atoms with Crippen LogP contribution in [0.1, 0.15) is 35.7 Å². The van der Waals surface area contributed by atoms with Gasteiger partial charge in [-0.15, -0.1) is 0 Å². The van der Waals surface area contributed by atoms with Crippen molar-refractivity contribution in [1.82, 2.24) is 5.32 Å². The van der Waals surface area contributed by atoms with Crippen LogP contribution < -0.4 is 15.0 Å². The van der Waals surface area contributed by atoms with Crippen LogP contribution in [-0.4, -0.2) is 30.7 Å². The van der Waals surface area contributed by atoms with E-state index in [0.717, 1.165) is 4.90 Å². The third-order valence-electron chi connectivity index (χ3n) is 4.59. The minimum Gasteiger partial charge on any atom is -0.497 e. The number of nitrogens with zero attached hydrogens (tertiary/aromatic N) is 1. The minimum absolute atomic E-state index is 0.240. The average Bonchev–Trinajstić information content (AvgIpc) is 2.99. The maximum atomic E-state index is 12.9. The lowest BCUT2D eigenvalue weighted by atomic mass is 9.90. The maximum absolute atomic E-state index is 12.9. The zero-order valence-corrected chi connectivity index (χ0v) is 15.8. The molecule has 7 heteroatoms. The normalized spacial score (nSPS) is 15.4. The number of urea groups is 1. The lowest BCUT2D eigenvalue weighted by Crippen LogP contribution is -2.46. The quantitative estimate of drug-likeness (QED) is 0.824. The fraction of sp³-hybridized carbons (Fsp3) is 0.238. The van der Waals surface area contributed by atoms with E-state index in [-0.39, 0.29) is 17.3 Å². The number of anilines is 1. The summed E-state index contributed by atoms with van der Waals surface area (Å²) in [7, 11) is 1.50. The van der Waals surface area contributed by atoms with Crippen molar-refractivity contribution >= 4 is 29.3 Å². The highest BCUT2D eigenvalue weighted by atomic mass is 16.5. The van der Waals surface area contributed by atoms with E-state index >= 15 is 0 Å². The molecule has 1 atom stereocenters. The Balaban J connectivity index is 1.86. The Hall–Kier alpha value is -3.48. The number of ketones is 1. The minimum atomic E-state index is -1.04. The second kappa shape index (κ2) is 7.64. The van der Waals surface area contributed by atoms with E-state index in [1.165, 1.54) is 19.2 Å². The number of para-hydroxylation sites is 1. The fourth-order valence-electron chi connectivity index (χ4n) is 3.10. The largest absolute Gasteiger partial charge is 0.497 e. The van der Waals surface area contributed by atoms with Gasteiger partial charge in [-0.2, -0.15) is 0 Å². The molecule has 1 aliphatic rings. The van der Waals surface area contributed by atoms with Gasteiger partial charge in [0, 0.05) is 11.5 Å². The van der Waals surface area contributed by atoms with Gasteiger partial charge in [0.2, 0.25) is 5.91 Å². The summed E-state index contributed by atoms with van der Waals surface area (Å²) in [4.78, 5) is 51.3. The number of imide groups is 2. The molecule has 0 saturated carbocycles. The molecule has 0 bridgehead atoms. The van der Waals surface area contributed by atoms with Crippen molar-refractivity contribution in [3.05, 3.63) is 59.7 Å². The van der Waals surface area contributed by atoms with E-state index in [2.05, 4.69) is 5.32 Å². The van der Waals surface area contributed by atoms with E-state index in [9.17, 15) is 19.2 Å². The Bertz CT molecular complexity index is 950. The number of rotatable bonds is 4. The number of carbonyl (C=O) groups excluding carboxylic acids is 4. The number of hydrogen-bond acceptors (Lipinski definition) is 5. The zero-order chi connectivity index (χ0) is 20.4. The van der Waals surface area contributed by atoms with Gasteiger partial charge < -0.3 is 4.74 Å². The number of hydrogen-bond donors (Lipinski definition) is 1. The SMILES string of the molecule is COc1ccc(C(=O)NC(=O)N2C(=O)C(C(=O)C(C)C)c3ccccc32)cc1. The van der Waals surface area contributed by atoms with E-state index in [4.69, 9.17) is 4.74 Å². The standard InChI is InChI=1S/C21H20N2O5/c1-12(2)18(24)17-15-6-4-5-7-16(15)23(20(17)26)21(27)22-19(25)13-8-10-14(28-3)11-9-13/h4-12,17H,1-3H3,(H,22,25,27). The molecular weight excluding hydrogens is 360 g/mol. The number of carbonyl (C=O) groups is 4. The summed E-state index contributed by atoms with van der Waals surface area (Å²) in [6, 6.07) is 11.9. The highest BCUT2D eigenvalue weighted by Gasteiger charge is 2.45. The molecule has 0 aromatic heterocycles. The van der Waals surface area contributed by atoms with Crippen LogP contribution in [0.2, 0.25) is 0 Å². The van der Waals surface area contributed by atoms with Gasteiger partial charge in [0.15, 0.2) is 5.78 Å². The molecule has 0 fully saturated rings. The lowest BCUT2D eigenvalue weighted by molar-refractivity contribution is -0.129. The van der Waals surface area contributed by atoms with Crippen LogP contribution in [0.15, 0.2) is 48.5 Å². The van der Waals surface area contributed by atoms with Crippen LogP contribution in [-0.2, 0) is 9.59 Å². The van der Waals surface area contributed by atoms with Crippen LogP contribution in [0, 0.1) is 5.92 Å². The molecule has 1 heterocycles. The smallest absolute Gasteiger partial charge is 0.335 e. The molecule has 1 aliphatic heterocycles. The Labute approximate surface area is 162 Å². The van der Waals surface area contributed by atoms with E-state index in [1.54, 1.807) is 50.2 Å².